The fourth-order valence-electron chi connectivity index (χ4n) is 4.20. The molecule has 4 aromatic rings. The van der Waals surface area contributed by atoms with E-state index in [2.05, 4.69) is 10.5 Å². The fourth-order valence-corrected chi connectivity index (χ4v) is 6.31. The van der Waals surface area contributed by atoms with E-state index in [0.717, 1.165) is 58.3 Å². The summed E-state index contributed by atoms with van der Waals surface area (Å²) in [4.78, 5) is 33.2. The Hall–Kier alpha value is -3.23. The Morgan fingerprint density at radius 2 is 1.77 bits per heavy atom. The van der Waals surface area contributed by atoms with Gasteiger partial charge in [0.2, 0.25) is 0 Å². The molecule has 1 N–H and O–H groups in total. The minimum atomic E-state index is -0.256. The summed E-state index contributed by atoms with van der Waals surface area (Å²) in [6, 6.07) is 15.7. The molecule has 1 amide bonds. The molecule has 178 valence electrons. The normalized spacial score (nSPS) is 13.3. The van der Waals surface area contributed by atoms with Crippen molar-refractivity contribution in [2.45, 2.75) is 44.7 Å². The molecule has 1 aliphatic carbocycles. The maximum absolute atomic E-state index is 13.8. The molecule has 0 aliphatic heterocycles. The van der Waals surface area contributed by atoms with Crippen molar-refractivity contribution in [1.29, 1.82) is 0 Å². The van der Waals surface area contributed by atoms with Gasteiger partial charge in [0.25, 0.3) is 11.5 Å². The van der Waals surface area contributed by atoms with Crippen molar-refractivity contribution in [3.05, 3.63) is 86.0 Å². The Kier molecular flexibility index (Phi) is 6.83. The van der Waals surface area contributed by atoms with Crippen LogP contribution in [0.25, 0.3) is 15.9 Å². The van der Waals surface area contributed by atoms with E-state index in [9.17, 15) is 9.59 Å². The SMILES string of the molecule is Cc1ccc(/C=N\NC(=O)CSc2nc3sc4c(c3c(=O)n2-c2ccc(C)cc2)CCCC4)cc1. The summed E-state index contributed by atoms with van der Waals surface area (Å²) in [7, 11) is 0. The van der Waals surface area contributed by atoms with Gasteiger partial charge in [0.05, 0.1) is 23.0 Å². The molecule has 0 radical (unpaired) electrons. The second kappa shape index (κ2) is 10.2. The first kappa shape index (κ1) is 23.5. The molecular formula is C27H26N4O2S2. The van der Waals surface area contributed by atoms with Crippen LogP contribution in [-0.2, 0) is 17.6 Å². The predicted molar refractivity (Wildman–Crippen MR) is 144 cm³/mol. The first-order chi connectivity index (χ1) is 17.0. The number of thiophene rings is 1. The summed E-state index contributed by atoms with van der Waals surface area (Å²) in [6.07, 6.45) is 5.79. The number of hydrogen-bond donors (Lipinski definition) is 1. The molecule has 8 heteroatoms. The highest BCUT2D eigenvalue weighted by molar-refractivity contribution is 7.99. The molecule has 2 aromatic heterocycles. The molecule has 0 spiro atoms. The van der Waals surface area contributed by atoms with E-state index in [1.54, 1.807) is 22.1 Å². The Balaban J connectivity index is 1.42. The van der Waals surface area contributed by atoms with Crippen LogP contribution in [-0.4, -0.2) is 27.4 Å². The Morgan fingerprint density at radius 1 is 1.09 bits per heavy atom. The molecular weight excluding hydrogens is 476 g/mol. The van der Waals surface area contributed by atoms with Crippen LogP contribution in [0.1, 0.15) is 40.0 Å². The number of aryl methyl sites for hydroxylation is 4. The summed E-state index contributed by atoms with van der Waals surface area (Å²) in [5.74, 6) is -0.159. The first-order valence-corrected chi connectivity index (χ1v) is 13.5. The van der Waals surface area contributed by atoms with Gasteiger partial charge in [-0.05, 0) is 62.8 Å². The molecule has 6 nitrogen and oxygen atoms in total. The number of carbonyl (C=O) groups excluding carboxylic acids is 1. The third kappa shape index (κ3) is 5.09. The van der Waals surface area contributed by atoms with Gasteiger partial charge in [-0.25, -0.2) is 10.4 Å². The predicted octanol–water partition coefficient (Wildman–Crippen LogP) is 5.19. The zero-order valence-corrected chi connectivity index (χ0v) is 21.3. The molecule has 0 atom stereocenters. The van der Waals surface area contributed by atoms with Gasteiger partial charge >= 0.3 is 0 Å². The number of nitrogens with one attached hydrogen (secondary N) is 1. The number of hydrazone groups is 1. The number of fused-ring (bicyclic) bond motifs is 3. The Labute approximate surface area is 212 Å². The second-order valence-electron chi connectivity index (χ2n) is 8.75. The van der Waals surface area contributed by atoms with E-state index in [-0.39, 0.29) is 17.2 Å². The minimum absolute atomic E-state index is 0.0569. The van der Waals surface area contributed by atoms with Crippen molar-refractivity contribution < 1.29 is 4.79 Å². The van der Waals surface area contributed by atoms with Crippen molar-refractivity contribution in [3.63, 3.8) is 0 Å². The standard InChI is InChI=1S/C27H26N4O2S2/c1-17-7-11-19(12-8-17)15-28-30-23(32)16-34-27-29-25-24(21-5-3-4-6-22(21)35-25)26(33)31(27)20-13-9-18(2)10-14-20/h7-15H,3-6,16H2,1-2H3,(H,30,32)/b28-15-. The maximum Gasteiger partial charge on any atom is 0.267 e. The van der Waals surface area contributed by atoms with Gasteiger partial charge in [-0.1, -0.05) is 59.3 Å². The highest BCUT2D eigenvalue weighted by atomic mass is 32.2. The van der Waals surface area contributed by atoms with E-state index < -0.39 is 0 Å². The van der Waals surface area contributed by atoms with Crippen LogP contribution in [0.5, 0.6) is 0 Å². The molecule has 0 fully saturated rings. The van der Waals surface area contributed by atoms with Crippen molar-refractivity contribution >= 4 is 45.4 Å². The molecule has 1 aliphatic rings. The first-order valence-electron chi connectivity index (χ1n) is 11.7. The zero-order valence-electron chi connectivity index (χ0n) is 19.7. The molecule has 0 bridgehead atoms. The van der Waals surface area contributed by atoms with Gasteiger partial charge in [-0.3, -0.25) is 14.2 Å². The van der Waals surface area contributed by atoms with Gasteiger partial charge in [0.15, 0.2) is 5.16 Å². The summed E-state index contributed by atoms with van der Waals surface area (Å²) < 4.78 is 1.65. The van der Waals surface area contributed by atoms with Crippen molar-refractivity contribution in [1.82, 2.24) is 15.0 Å². The number of rotatable bonds is 6. The lowest BCUT2D eigenvalue weighted by Crippen LogP contribution is -2.24. The highest BCUT2D eigenvalue weighted by Gasteiger charge is 2.23. The smallest absolute Gasteiger partial charge is 0.267 e. The molecule has 0 saturated carbocycles. The van der Waals surface area contributed by atoms with Crippen molar-refractivity contribution in [2.24, 2.45) is 5.10 Å². The fraction of sp³-hybridized carbons (Fsp3) is 0.259. The van der Waals surface area contributed by atoms with Gasteiger partial charge in [-0.15, -0.1) is 11.3 Å². The van der Waals surface area contributed by atoms with Gasteiger partial charge in [0, 0.05) is 4.88 Å². The summed E-state index contributed by atoms with van der Waals surface area (Å²) in [5.41, 5.74) is 7.62. The third-order valence-electron chi connectivity index (χ3n) is 6.06. The molecule has 5 rings (SSSR count). The lowest BCUT2D eigenvalue weighted by Gasteiger charge is -2.13. The summed E-state index contributed by atoms with van der Waals surface area (Å²) >= 11 is 2.87. The second-order valence-corrected chi connectivity index (χ2v) is 10.8. The average molecular weight is 503 g/mol. The van der Waals surface area contributed by atoms with Crippen LogP contribution >= 0.6 is 23.1 Å². The largest absolute Gasteiger partial charge is 0.272 e. The van der Waals surface area contributed by atoms with Crippen molar-refractivity contribution in [3.8, 4) is 5.69 Å². The number of carbonyl (C=O) groups is 1. The van der Waals surface area contributed by atoms with Crippen LogP contribution in [0.2, 0.25) is 0 Å². The number of nitrogens with zero attached hydrogens (tertiary/aromatic N) is 3. The highest BCUT2D eigenvalue weighted by Crippen LogP contribution is 2.35. The quantitative estimate of drug-likeness (QED) is 0.170. The van der Waals surface area contributed by atoms with E-state index >= 15 is 0 Å². The third-order valence-corrected chi connectivity index (χ3v) is 8.19. The van der Waals surface area contributed by atoms with E-state index in [1.165, 1.54) is 22.2 Å². The number of benzene rings is 2. The molecule has 0 saturated heterocycles. The lowest BCUT2D eigenvalue weighted by molar-refractivity contribution is -0.118. The van der Waals surface area contributed by atoms with E-state index in [4.69, 9.17) is 4.98 Å². The lowest BCUT2D eigenvalue weighted by atomic mass is 9.97. The van der Waals surface area contributed by atoms with Gasteiger partial charge in [-0.2, -0.15) is 5.10 Å². The molecule has 2 aromatic carbocycles. The topological polar surface area (TPSA) is 76.3 Å². The summed E-state index contributed by atoms with van der Waals surface area (Å²) in [6.45, 7) is 4.04. The van der Waals surface area contributed by atoms with Gasteiger partial charge < -0.3 is 0 Å². The Bertz CT molecular complexity index is 1470. The van der Waals surface area contributed by atoms with Crippen LogP contribution in [0.4, 0.5) is 0 Å². The molecule has 0 unspecified atom stereocenters. The average Bonchev–Trinajstić information content (AvgIpc) is 3.23. The van der Waals surface area contributed by atoms with Gasteiger partial charge in [0.1, 0.15) is 4.83 Å². The van der Waals surface area contributed by atoms with Crippen LogP contribution in [0.3, 0.4) is 0 Å². The molecule has 35 heavy (non-hydrogen) atoms. The maximum atomic E-state index is 13.8. The monoisotopic (exact) mass is 502 g/mol. The van der Waals surface area contributed by atoms with Crippen LogP contribution in [0.15, 0.2) is 63.6 Å². The number of aromatic nitrogens is 2. The Morgan fingerprint density at radius 3 is 2.51 bits per heavy atom. The number of amides is 1. The van der Waals surface area contributed by atoms with E-state index in [1.807, 2.05) is 62.4 Å². The van der Waals surface area contributed by atoms with Crippen LogP contribution < -0.4 is 11.0 Å². The van der Waals surface area contributed by atoms with Crippen LogP contribution in [0, 0.1) is 13.8 Å². The van der Waals surface area contributed by atoms with E-state index in [0.29, 0.717) is 5.16 Å². The zero-order chi connectivity index (χ0) is 24.4. The molecule has 2 heterocycles. The minimum Gasteiger partial charge on any atom is -0.272 e. The number of hydrogen-bond acceptors (Lipinski definition) is 6. The number of thioether (sulfide) groups is 1. The van der Waals surface area contributed by atoms with Crippen molar-refractivity contribution in [2.75, 3.05) is 5.75 Å². The summed E-state index contributed by atoms with van der Waals surface area (Å²) in [5, 5.41) is 5.31.